The molecular weight excluding hydrogens is 232 g/mol. The van der Waals surface area contributed by atoms with Gasteiger partial charge in [0.25, 0.3) is 0 Å². The Morgan fingerprint density at radius 3 is 1.74 bits per heavy atom. The average Bonchev–Trinajstić information content (AvgIpc) is 2.79. The van der Waals surface area contributed by atoms with Gasteiger partial charge < -0.3 is 4.57 Å². The quantitative estimate of drug-likeness (QED) is 0.679. The summed E-state index contributed by atoms with van der Waals surface area (Å²) in [5.41, 5.74) is 2.66. The van der Waals surface area contributed by atoms with Crippen LogP contribution in [0.25, 0.3) is 21.8 Å². The van der Waals surface area contributed by atoms with Crippen LogP contribution in [0.5, 0.6) is 0 Å². The number of hydrogen-bond acceptors (Lipinski definition) is 1. The molecule has 0 amide bonds. The highest BCUT2D eigenvalue weighted by molar-refractivity contribution is 6.07. The smallest absolute Gasteiger partial charge is 0.0756 e. The van der Waals surface area contributed by atoms with Gasteiger partial charge in [-0.15, -0.1) is 0 Å². The summed E-state index contributed by atoms with van der Waals surface area (Å²) >= 11 is 0. The number of para-hydroxylation sites is 2. The molecule has 0 spiro atoms. The maximum absolute atomic E-state index is 2.44. The first-order valence-electron chi connectivity index (χ1n) is 7.03. The summed E-state index contributed by atoms with van der Waals surface area (Å²) in [6, 6.07) is 17.4. The number of hydrogen-bond donors (Lipinski definition) is 0. The van der Waals surface area contributed by atoms with Crippen molar-refractivity contribution in [3.8, 4) is 0 Å². The fourth-order valence-corrected chi connectivity index (χ4v) is 2.78. The first-order valence-corrected chi connectivity index (χ1v) is 7.03. The van der Waals surface area contributed by atoms with E-state index in [2.05, 4.69) is 71.8 Å². The van der Waals surface area contributed by atoms with Crippen LogP contribution in [0, 0.1) is 0 Å². The van der Waals surface area contributed by atoms with Crippen LogP contribution in [0.4, 0.5) is 0 Å². The highest BCUT2D eigenvalue weighted by Crippen LogP contribution is 2.28. The minimum atomic E-state index is 0.959. The summed E-state index contributed by atoms with van der Waals surface area (Å²) in [4.78, 5) is 2.44. The summed E-state index contributed by atoms with van der Waals surface area (Å²) in [7, 11) is 0. The topological polar surface area (TPSA) is 8.17 Å². The molecule has 0 saturated heterocycles. The van der Waals surface area contributed by atoms with Gasteiger partial charge in [0.2, 0.25) is 0 Å². The van der Waals surface area contributed by atoms with Gasteiger partial charge in [0.15, 0.2) is 0 Å². The zero-order valence-electron chi connectivity index (χ0n) is 11.6. The van der Waals surface area contributed by atoms with Crippen molar-refractivity contribution in [2.45, 2.75) is 20.5 Å². The van der Waals surface area contributed by atoms with Crippen LogP contribution in [0.3, 0.4) is 0 Å². The van der Waals surface area contributed by atoms with E-state index >= 15 is 0 Å². The molecule has 3 rings (SSSR count). The van der Waals surface area contributed by atoms with Gasteiger partial charge in [0.1, 0.15) is 0 Å². The standard InChI is InChI=1S/C17H20N2/c1-3-18(4-2)13-19-16-11-7-5-9-14(16)15-10-6-8-12-17(15)19/h5-12H,3-4,13H2,1-2H3. The molecule has 0 atom stereocenters. The largest absolute Gasteiger partial charge is 0.327 e. The van der Waals surface area contributed by atoms with Crippen molar-refractivity contribution in [2.75, 3.05) is 13.1 Å². The number of aromatic nitrogens is 1. The third-order valence-electron chi connectivity index (χ3n) is 3.92. The molecule has 0 aliphatic rings. The van der Waals surface area contributed by atoms with E-state index in [0.717, 1.165) is 19.8 Å². The highest BCUT2D eigenvalue weighted by atomic mass is 15.2. The first-order chi connectivity index (χ1) is 9.35. The van der Waals surface area contributed by atoms with Gasteiger partial charge in [-0.1, -0.05) is 50.2 Å². The lowest BCUT2D eigenvalue weighted by molar-refractivity contribution is 0.249. The molecule has 0 radical (unpaired) electrons. The van der Waals surface area contributed by atoms with E-state index in [4.69, 9.17) is 0 Å². The fraction of sp³-hybridized carbons (Fsp3) is 0.294. The second kappa shape index (κ2) is 5.06. The molecule has 3 aromatic rings. The molecule has 2 aromatic carbocycles. The molecule has 0 unspecified atom stereocenters. The Balaban J connectivity index is 2.24. The zero-order valence-corrected chi connectivity index (χ0v) is 11.6. The summed E-state index contributed by atoms with van der Waals surface area (Å²) in [6.45, 7) is 7.56. The van der Waals surface area contributed by atoms with Crippen LogP contribution >= 0.6 is 0 Å². The Kier molecular flexibility index (Phi) is 3.26. The zero-order chi connectivity index (χ0) is 13.2. The number of rotatable bonds is 4. The van der Waals surface area contributed by atoms with Gasteiger partial charge in [0, 0.05) is 10.8 Å². The molecule has 1 aromatic heterocycles. The third kappa shape index (κ3) is 2.02. The van der Waals surface area contributed by atoms with Gasteiger partial charge in [0.05, 0.1) is 17.7 Å². The molecule has 0 N–H and O–H groups in total. The maximum Gasteiger partial charge on any atom is 0.0756 e. The Labute approximate surface area is 114 Å². The summed E-state index contributed by atoms with van der Waals surface area (Å²) in [5.74, 6) is 0. The minimum Gasteiger partial charge on any atom is -0.327 e. The average molecular weight is 252 g/mol. The Morgan fingerprint density at radius 2 is 1.26 bits per heavy atom. The summed E-state index contributed by atoms with van der Waals surface area (Å²) < 4.78 is 2.43. The van der Waals surface area contributed by atoms with Gasteiger partial charge in [-0.05, 0) is 25.2 Å². The van der Waals surface area contributed by atoms with Crippen molar-refractivity contribution < 1.29 is 0 Å². The second-order valence-corrected chi connectivity index (χ2v) is 4.91. The van der Waals surface area contributed by atoms with E-state index in [0.29, 0.717) is 0 Å². The molecule has 0 saturated carbocycles. The SMILES string of the molecule is CCN(CC)Cn1c2ccccc2c2ccccc21. The molecule has 1 heterocycles. The van der Waals surface area contributed by atoms with Gasteiger partial charge in [-0.2, -0.15) is 0 Å². The predicted octanol–water partition coefficient (Wildman–Crippen LogP) is 4.09. The van der Waals surface area contributed by atoms with Crippen molar-refractivity contribution in [3.63, 3.8) is 0 Å². The first kappa shape index (κ1) is 12.2. The Bertz CT molecular complexity index is 639. The number of nitrogens with zero attached hydrogens (tertiary/aromatic N) is 2. The van der Waals surface area contributed by atoms with Gasteiger partial charge >= 0.3 is 0 Å². The number of benzene rings is 2. The summed E-state index contributed by atoms with van der Waals surface area (Å²) in [6.07, 6.45) is 0. The van der Waals surface area contributed by atoms with Crippen LogP contribution in [-0.4, -0.2) is 22.6 Å². The van der Waals surface area contributed by atoms with E-state index in [9.17, 15) is 0 Å². The lowest BCUT2D eigenvalue weighted by Crippen LogP contribution is -2.25. The molecule has 0 bridgehead atoms. The molecule has 2 nitrogen and oxygen atoms in total. The fourth-order valence-electron chi connectivity index (χ4n) is 2.78. The van der Waals surface area contributed by atoms with Crippen LogP contribution < -0.4 is 0 Å². The molecule has 0 aliphatic heterocycles. The molecule has 0 aliphatic carbocycles. The molecule has 2 heteroatoms. The van der Waals surface area contributed by atoms with E-state index in [-0.39, 0.29) is 0 Å². The van der Waals surface area contributed by atoms with Crippen LogP contribution in [-0.2, 0) is 6.67 Å². The van der Waals surface area contributed by atoms with Crippen molar-refractivity contribution in [3.05, 3.63) is 48.5 Å². The van der Waals surface area contributed by atoms with Gasteiger partial charge in [-0.25, -0.2) is 0 Å². The van der Waals surface area contributed by atoms with Crippen LogP contribution in [0.2, 0.25) is 0 Å². The Hall–Kier alpha value is -1.80. The number of fused-ring (bicyclic) bond motifs is 3. The molecule has 0 fully saturated rings. The normalized spacial score (nSPS) is 11.7. The van der Waals surface area contributed by atoms with E-state index in [1.165, 1.54) is 21.8 Å². The van der Waals surface area contributed by atoms with E-state index in [1.54, 1.807) is 0 Å². The molecule has 98 valence electrons. The second-order valence-electron chi connectivity index (χ2n) is 4.91. The monoisotopic (exact) mass is 252 g/mol. The predicted molar refractivity (Wildman–Crippen MR) is 82.4 cm³/mol. The van der Waals surface area contributed by atoms with E-state index < -0.39 is 0 Å². The maximum atomic E-state index is 2.44. The van der Waals surface area contributed by atoms with E-state index in [1.807, 2.05) is 0 Å². The van der Waals surface area contributed by atoms with Crippen molar-refractivity contribution in [2.24, 2.45) is 0 Å². The van der Waals surface area contributed by atoms with Crippen LogP contribution in [0.15, 0.2) is 48.5 Å². The van der Waals surface area contributed by atoms with Crippen molar-refractivity contribution in [1.82, 2.24) is 9.47 Å². The Morgan fingerprint density at radius 1 is 0.789 bits per heavy atom. The van der Waals surface area contributed by atoms with Gasteiger partial charge in [-0.3, -0.25) is 4.90 Å². The van der Waals surface area contributed by atoms with Crippen LogP contribution in [0.1, 0.15) is 13.8 Å². The highest BCUT2D eigenvalue weighted by Gasteiger charge is 2.10. The lowest BCUT2D eigenvalue weighted by Gasteiger charge is -2.20. The molecule has 19 heavy (non-hydrogen) atoms. The molecular formula is C17H20N2. The minimum absolute atomic E-state index is 0.959. The van der Waals surface area contributed by atoms with Crippen molar-refractivity contribution >= 4 is 21.8 Å². The third-order valence-corrected chi connectivity index (χ3v) is 3.92. The van der Waals surface area contributed by atoms with Crippen molar-refractivity contribution in [1.29, 1.82) is 0 Å². The summed E-state index contributed by atoms with van der Waals surface area (Å²) in [5, 5.41) is 2.70. The lowest BCUT2D eigenvalue weighted by atomic mass is 10.2.